The van der Waals surface area contributed by atoms with Crippen molar-refractivity contribution in [2.45, 2.75) is 63.3 Å². The zero-order valence-corrected chi connectivity index (χ0v) is 18.6. The molecule has 0 spiro atoms. The molecule has 8 heteroatoms. The quantitative estimate of drug-likeness (QED) is 0.746. The molecule has 1 N–H and O–H groups in total. The molecule has 4 rings (SSSR count). The molecular formula is C22H31N3O4S. The van der Waals surface area contributed by atoms with E-state index in [1.54, 1.807) is 18.2 Å². The van der Waals surface area contributed by atoms with Crippen molar-refractivity contribution in [3.8, 4) is 0 Å². The van der Waals surface area contributed by atoms with Gasteiger partial charge in [-0.25, -0.2) is 8.42 Å². The van der Waals surface area contributed by atoms with Crippen LogP contribution in [0.1, 0.15) is 51.5 Å². The van der Waals surface area contributed by atoms with E-state index < -0.39 is 10.0 Å². The Morgan fingerprint density at radius 2 is 1.93 bits per heavy atom. The smallest absolute Gasteiger partial charge is 0.243 e. The molecule has 2 atom stereocenters. The molecule has 0 unspecified atom stereocenters. The molecule has 2 heterocycles. The summed E-state index contributed by atoms with van der Waals surface area (Å²) in [6.07, 6.45) is 4.81. The van der Waals surface area contributed by atoms with E-state index >= 15 is 0 Å². The van der Waals surface area contributed by atoms with Gasteiger partial charge in [-0.15, -0.1) is 0 Å². The molecule has 7 nitrogen and oxygen atoms in total. The predicted octanol–water partition coefficient (Wildman–Crippen LogP) is 2.30. The molecule has 1 aliphatic carbocycles. The van der Waals surface area contributed by atoms with E-state index in [1.165, 1.54) is 4.31 Å². The van der Waals surface area contributed by atoms with E-state index in [9.17, 15) is 18.0 Å². The van der Waals surface area contributed by atoms with Crippen LogP contribution in [-0.2, 0) is 26.0 Å². The number of benzene rings is 1. The lowest BCUT2D eigenvalue weighted by Gasteiger charge is -2.31. The third-order valence-corrected chi connectivity index (χ3v) is 8.23. The summed E-state index contributed by atoms with van der Waals surface area (Å²) in [6, 6.07) is 5.16. The summed E-state index contributed by atoms with van der Waals surface area (Å²) in [5.41, 5.74) is 1.75. The van der Waals surface area contributed by atoms with Crippen LogP contribution in [0.15, 0.2) is 23.1 Å². The molecule has 3 aliphatic rings. The number of rotatable bonds is 6. The number of nitrogens with zero attached hydrogens (tertiary/aromatic N) is 2. The van der Waals surface area contributed by atoms with Crippen LogP contribution >= 0.6 is 0 Å². The van der Waals surface area contributed by atoms with Gasteiger partial charge in [0.1, 0.15) is 0 Å². The number of piperidine rings is 1. The maximum Gasteiger partial charge on any atom is 0.243 e. The molecule has 2 aliphatic heterocycles. The van der Waals surface area contributed by atoms with Crippen LogP contribution in [0.5, 0.6) is 0 Å². The van der Waals surface area contributed by atoms with Gasteiger partial charge in [-0.3, -0.25) is 9.59 Å². The van der Waals surface area contributed by atoms with Crippen molar-refractivity contribution >= 4 is 27.5 Å². The minimum absolute atomic E-state index is 0.0488. The zero-order valence-electron chi connectivity index (χ0n) is 17.8. The Labute approximate surface area is 178 Å². The van der Waals surface area contributed by atoms with E-state index in [0.717, 1.165) is 30.5 Å². The van der Waals surface area contributed by atoms with Gasteiger partial charge in [0.2, 0.25) is 21.8 Å². The van der Waals surface area contributed by atoms with Gasteiger partial charge in [-0.1, -0.05) is 6.92 Å². The molecule has 2 amide bonds. The monoisotopic (exact) mass is 433 g/mol. The summed E-state index contributed by atoms with van der Waals surface area (Å²) in [5, 5.41) is 2.88. The van der Waals surface area contributed by atoms with Gasteiger partial charge < -0.3 is 10.2 Å². The highest BCUT2D eigenvalue weighted by atomic mass is 32.2. The number of sulfonamides is 1. The van der Waals surface area contributed by atoms with Crippen LogP contribution in [0.2, 0.25) is 0 Å². The number of amides is 2. The van der Waals surface area contributed by atoms with Gasteiger partial charge in [0.05, 0.1) is 10.8 Å². The Balaban J connectivity index is 1.53. The Hall–Kier alpha value is -1.93. The van der Waals surface area contributed by atoms with Gasteiger partial charge in [0, 0.05) is 37.3 Å². The normalized spacial score (nSPS) is 24.5. The first-order chi connectivity index (χ1) is 14.3. The first-order valence-electron chi connectivity index (χ1n) is 11.1. The fourth-order valence-electron chi connectivity index (χ4n) is 4.55. The Bertz CT molecular complexity index is 942. The van der Waals surface area contributed by atoms with Crippen molar-refractivity contribution in [2.24, 2.45) is 11.8 Å². The van der Waals surface area contributed by atoms with Gasteiger partial charge in [-0.05, 0) is 69.2 Å². The van der Waals surface area contributed by atoms with Gasteiger partial charge in [-0.2, -0.15) is 4.31 Å². The molecule has 30 heavy (non-hydrogen) atoms. The van der Waals surface area contributed by atoms with Gasteiger partial charge in [0.25, 0.3) is 0 Å². The van der Waals surface area contributed by atoms with E-state index in [2.05, 4.69) is 5.32 Å². The molecule has 2 fully saturated rings. The Morgan fingerprint density at radius 3 is 2.63 bits per heavy atom. The maximum atomic E-state index is 13.3. The molecule has 1 aromatic rings. The van der Waals surface area contributed by atoms with E-state index in [1.807, 2.05) is 18.7 Å². The summed E-state index contributed by atoms with van der Waals surface area (Å²) < 4.78 is 28.0. The standard InChI is InChI=1S/C22H31N3O4S/c1-3-10-23-21(26)17-5-4-11-24(14-17)30(28,29)19-8-9-20-18(13-19)12-15(2)25(20)22(27)16-6-7-16/h8-9,13,15-17H,3-7,10-12,14H2,1-2H3,(H,23,26)/t15-,17-/m0/s1. The number of nitrogens with one attached hydrogen (secondary N) is 1. The maximum absolute atomic E-state index is 13.3. The van der Waals surface area contributed by atoms with Crippen molar-refractivity contribution in [3.05, 3.63) is 23.8 Å². The topological polar surface area (TPSA) is 86.8 Å². The molecule has 1 aromatic carbocycles. The molecular weight excluding hydrogens is 402 g/mol. The minimum atomic E-state index is -3.68. The van der Waals surface area contributed by atoms with Crippen LogP contribution in [0.3, 0.4) is 0 Å². The van der Waals surface area contributed by atoms with E-state index in [-0.39, 0.29) is 41.1 Å². The third kappa shape index (κ3) is 3.99. The first-order valence-corrected chi connectivity index (χ1v) is 12.5. The molecule has 0 bridgehead atoms. The number of carbonyl (C=O) groups is 2. The number of carbonyl (C=O) groups excluding carboxylic acids is 2. The molecule has 1 saturated heterocycles. The first kappa shape index (κ1) is 21.3. The van der Waals surface area contributed by atoms with E-state index in [0.29, 0.717) is 32.4 Å². The van der Waals surface area contributed by atoms with Gasteiger partial charge in [0.15, 0.2) is 0 Å². The second-order valence-corrected chi connectivity index (χ2v) is 10.8. The summed E-state index contributed by atoms with van der Waals surface area (Å²) in [4.78, 5) is 27.1. The van der Waals surface area contributed by atoms with E-state index in [4.69, 9.17) is 0 Å². The number of hydrogen-bond acceptors (Lipinski definition) is 4. The van der Waals surface area contributed by atoms with Crippen LogP contribution < -0.4 is 10.2 Å². The van der Waals surface area contributed by atoms with Crippen molar-refractivity contribution in [2.75, 3.05) is 24.5 Å². The fraction of sp³-hybridized carbons (Fsp3) is 0.636. The average Bonchev–Trinajstić information content (AvgIpc) is 3.53. The summed E-state index contributed by atoms with van der Waals surface area (Å²) in [7, 11) is -3.68. The Kier molecular flexibility index (Phi) is 5.90. The lowest BCUT2D eigenvalue weighted by Crippen LogP contribution is -2.45. The zero-order chi connectivity index (χ0) is 21.5. The van der Waals surface area contributed by atoms with Crippen LogP contribution in [0.4, 0.5) is 5.69 Å². The summed E-state index contributed by atoms with van der Waals surface area (Å²) >= 11 is 0. The molecule has 164 valence electrons. The molecule has 0 aromatic heterocycles. The van der Waals surface area contributed by atoms with Crippen molar-refractivity contribution in [1.82, 2.24) is 9.62 Å². The lowest BCUT2D eigenvalue weighted by molar-refractivity contribution is -0.126. The minimum Gasteiger partial charge on any atom is -0.356 e. The van der Waals surface area contributed by atoms with Crippen LogP contribution in [-0.4, -0.2) is 50.2 Å². The second-order valence-electron chi connectivity index (χ2n) is 8.82. The highest BCUT2D eigenvalue weighted by Crippen LogP contribution is 2.40. The summed E-state index contributed by atoms with van der Waals surface area (Å²) in [5.74, 6) is -0.0743. The third-order valence-electron chi connectivity index (χ3n) is 6.37. The van der Waals surface area contributed by atoms with Crippen molar-refractivity contribution < 1.29 is 18.0 Å². The number of fused-ring (bicyclic) bond motifs is 1. The average molecular weight is 434 g/mol. The van der Waals surface area contributed by atoms with Crippen LogP contribution in [0, 0.1) is 11.8 Å². The highest BCUT2D eigenvalue weighted by Gasteiger charge is 2.40. The molecule has 1 saturated carbocycles. The van der Waals surface area contributed by atoms with Crippen molar-refractivity contribution in [3.63, 3.8) is 0 Å². The van der Waals surface area contributed by atoms with Crippen molar-refractivity contribution in [1.29, 1.82) is 0 Å². The lowest BCUT2D eigenvalue weighted by atomic mass is 9.99. The SMILES string of the molecule is CCCNC(=O)[C@H]1CCCN(S(=O)(=O)c2ccc3c(c2)C[C@H](C)N3C(=O)C2CC2)C1. The Morgan fingerprint density at radius 1 is 1.17 bits per heavy atom. The van der Waals surface area contributed by atoms with Crippen LogP contribution in [0.25, 0.3) is 0 Å². The predicted molar refractivity (Wildman–Crippen MR) is 115 cm³/mol. The van der Waals surface area contributed by atoms with Gasteiger partial charge >= 0.3 is 0 Å². The fourth-order valence-corrected chi connectivity index (χ4v) is 6.12. The number of hydrogen-bond donors (Lipinski definition) is 1. The highest BCUT2D eigenvalue weighted by molar-refractivity contribution is 7.89. The second kappa shape index (κ2) is 8.30. The molecule has 0 radical (unpaired) electrons. The largest absolute Gasteiger partial charge is 0.356 e. The number of anilines is 1. The summed E-state index contributed by atoms with van der Waals surface area (Å²) in [6.45, 7) is 5.27.